The molecule has 0 saturated carbocycles. The molecule has 1 aliphatic rings. The first-order valence-corrected chi connectivity index (χ1v) is 12.8. The molecule has 2 amide bonds. The molecule has 1 heterocycles. The number of nitrogens with two attached hydrogens (primary N) is 1. The lowest BCUT2D eigenvalue weighted by Gasteiger charge is -2.32. The number of carbonyl (C=O) groups excluding carboxylic acids is 2. The number of nitrogens with zero attached hydrogens (tertiary/aromatic N) is 1. The van der Waals surface area contributed by atoms with Crippen LogP contribution in [-0.4, -0.2) is 44.3 Å². The van der Waals surface area contributed by atoms with Gasteiger partial charge in [0.05, 0.1) is 10.5 Å². The van der Waals surface area contributed by atoms with Gasteiger partial charge >= 0.3 is 0 Å². The molecule has 0 radical (unpaired) electrons. The molecule has 3 N–H and O–H groups in total. The zero-order valence-corrected chi connectivity index (χ0v) is 19.9. The van der Waals surface area contributed by atoms with E-state index in [4.69, 9.17) is 10.5 Å². The Morgan fingerprint density at radius 2 is 1.63 bits per heavy atom. The van der Waals surface area contributed by atoms with Crippen LogP contribution in [0.15, 0.2) is 83.8 Å². The molecule has 0 atom stereocenters. The van der Waals surface area contributed by atoms with Gasteiger partial charge in [0, 0.05) is 24.7 Å². The van der Waals surface area contributed by atoms with Crippen molar-refractivity contribution in [3.05, 3.63) is 95.6 Å². The minimum atomic E-state index is -3.59. The van der Waals surface area contributed by atoms with Crippen molar-refractivity contribution in [1.29, 1.82) is 0 Å². The van der Waals surface area contributed by atoms with Crippen molar-refractivity contribution in [2.24, 2.45) is 5.73 Å². The lowest BCUT2D eigenvalue weighted by Crippen LogP contribution is -2.46. The van der Waals surface area contributed by atoms with E-state index in [1.807, 2.05) is 6.07 Å². The third-order valence-corrected chi connectivity index (χ3v) is 7.41. The van der Waals surface area contributed by atoms with E-state index in [9.17, 15) is 18.0 Å². The number of hydrogen-bond donors (Lipinski definition) is 2. The maximum atomic E-state index is 13.1. The first-order valence-electron chi connectivity index (χ1n) is 11.3. The van der Waals surface area contributed by atoms with Crippen LogP contribution >= 0.6 is 0 Å². The zero-order valence-electron chi connectivity index (χ0n) is 19.1. The van der Waals surface area contributed by atoms with E-state index in [-0.39, 0.29) is 23.5 Å². The molecular weight excluding hydrogens is 466 g/mol. The quantitative estimate of drug-likeness (QED) is 0.500. The third kappa shape index (κ3) is 6.06. The van der Waals surface area contributed by atoms with Crippen molar-refractivity contribution < 1.29 is 22.7 Å². The molecule has 1 fully saturated rings. The molecule has 3 aromatic rings. The fourth-order valence-electron chi connectivity index (χ4n) is 4.02. The van der Waals surface area contributed by atoms with Crippen molar-refractivity contribution in [3.8, 4) is 5.75 Å². The highest BCUT2D eigenvalue weighted by Gasteiger charge is 2.27. The van der Waals surface area contributed by atoms with Crippen LogP contribution in [0, 0.1) is 0 Å². The predicted octanol–water partition coefficient (Wildman–Crippen LogP) is 2.95. The van der Waals surface area contributed by atoms with Crippen LogP contribution in [-0.2, 0) is 16.6 Å². The Kier molecular flexibility index (Phi) is 7.48. The summed E-state index contributed by atoms with van der Waals surface area (Å²) in [7, 11) is -3.59. The Labute approximate surface area is 204 Å². The van der Waals surface area contributed by atoms with Gasteiger partial charge in [0.15, 0.2) is 0 Å². The minimum absolute atomic E-state index is 0.117. The van der Waals surface area contributed by atoms with Crippen LogP contribution in [0.25, 0.3) is 0 Å². The topological polar surface area (TPSA) is 119 Å². The summed E-state index contributed by atoms with van der Waals surface area (Å²) >= 11 is 0. The van der Waals surface area contributed by atoms with Crippen LogP contribution in [0.2, 0.25) is 0 Å². The molecule has 0 aromatic heterocycles. The predicted molar refractivity (Wildman–Crippen MR) is 131 cm³/mol. The first-order chi connectivity index (χ1) is 16.8. The molecule has 0 spiro atoms. The van der Waals surface area contributed by atoms with E-state index in [1.54, 1.807) is 77.7 Å². The van der Waals surface area contributed by atoms with Crippen LogP contribution in [0.4, 0.5) is 0 Å². The van der Waals surface area contributed by atoms with E-state index in [0.717, 1.165) is 5.56 Å². The summed E-state index contributed by atoms with van der Waals surface area (Å²) in [5.41, 5.74) is 7.00. The van der Waals surface area contributed by atoms with E-state index >= 15 is 0 Å². The highest BCUT2D eigenvalue weighted by atomic mass is 32.2. The number of benzene rings is 3. The lowest BCUT2D eigenvalue weighted by atomic mass is 10.0. The Morgan fingerprint density at radius 3 is 2.34 bits per heavy atom. The summed E-state index contributed by atoms with van der Waals surface area (Å²) in [4.78, 5) is 26.6. The van der Waals surface area contributed by atoms with Gasteiger partial charge in [-0.2, -0.15) is 0 Å². The second-order valence-corrected chi connectivity index (χ2v) is 10.1. The molecule has 9 heteroatoms. The van der Waals surface area contributed by atoms with Gasteiger partial charge in [-0.3, -0.25) is 9.59 Å². The molecule has 3 aromatic carbocycles. The number of amides is 2. The number of likely N-dealkylation sites (tertiary alicyclic amines) is 1. The minimum Gasteiger partial charge on any atom is -0.488 e. The van der Waals surface area contributed by atoms with Gasteiger partial charge in [0.2, 0.25) is 10.0 Å². The summed E-state index contributed by atoms with van der Waals surface area (Å²) in [6.07, 6.45) is 1.06. The average Bonchev–Trinajstić information content (AvgIpc) is 2.88. The highest BCUT2D eigenvalue weighted by molar-refractivity contribution is 7.89. The fourth-order valence-corrected chi connectivity index (χ4v) is 5.35. The Bertz CT molecular complexity index is 1300. The number of para-hydroxylation sites is 1. The molecular formula is C26H27N3O5S. The largest absolute Gasteiger partial charge is 0.488 e. The molecule has 1 aliphatic heterocycles. The third-order valence-electron chi connectivity index (χ3n) is 5.88. The van der Waals surface area contributed by atoms with Gasteiger partial charge in [-0.25, -0.2) is 13.1 Å². The number of ether oxygens (including phenoxy) is 1. The number of carbonyl (C=O) groups is 2. The van der Waals surface area contributed by atoms with Crippen LogP contribution in [0.1, 0.15) is 39.1 Å². The SMILES string of the molecule is NC(=O)c1ccccc1OCc1cccc(C(=O)N2CCC(NS(=O)(=O)c3ccccc3)CC2)c1. The molecule has 182 valence electrons. The number of rotatable bonds is 8. The van der Waals surface area contributed by atoms with Crippen LogP contribution in [0.5, 0.6) is 5.75 Å². The molecule has 0 unspecified atom stereocenters. The second-order valence-electron chi connectivity index (χ2n) is 8.35. The van der Waals surface area contributed by atoms with Gasteiger partial charge in [-0.05, 0) is 54.8 Å². The Hall–Kier alpha value is -3.69. The maximum absolute atomic E-state index is 13.1. The van der Waals surface area contributed by atoms with Gasteiger partial charge in [-0.15, -0.1) is 0 Å². The number of piperidine rings is 1. The monoisotopic (exact) mass is 493 g/mol. The second kappa shape index (κ2) is 10.7. The number of hydrogen-bond acceptors (Lipinski definition) is 5. The summed E-state index contributed by atoms with van der Waals surface area (Å²) in [5.74, 6) is -0.301. The van der Waals surface area contributed by atoms with Crippen molar-refractivity contribution in [2.75, 3.05) is 13.1 Å². The first kappa shape index (κ1) is 24.4. The maximum Gasteiger partial charge on any atom is 0.253 e. The smallest absolute Gasteiger partial charge is 0.253 e. The van der Waals surface area contributed by atoms with Gasteiger partial charge < -0.3 is 15.4 Å². The van der Waals surface area contributed by atoms with E-state index in [1.165, 1.54) is 0 Å². The number of nitrogens with one attached hydrogen (secondary N) is 1. The lowest BCUT2D eigenvalue weighted by molar-refractivity contribution is 0.0711. The summed E-state index contributed by atoms with van der Waals surface area (Å²) in [6, 6.07) is 21.9. The molecule has 35 heavy (non-hydrogen) atoms. The van der Waals surface area contributed by atoms with Crippen molar-refractivity contribution in [2.45, 2.75) is 30.4 Å². The normalized spacial score (nSPS) is 14.5. The number of sulfonamides is 1. The van der Waals surface area contributed by atoms with Crippen molar-refractivity contribution in [3.63, 3.8) is 0 Å². The standard InChI is InChI=1S/C26H27N3O5S/c27-25(30)23-11-4-5-12-24(23)34-18-19-7-6-8-20(17-19)26(31)29-15-13-21(14-16-29)28-35(32,33)22-9-2-1-3-10-22/h1-12,17,21,28H,13-16,18H2,(H2,27,30). The van der Waals surface area contributed by atoms with Gasteiger partial charge in [0.1, 0.15) is 12.4 Å². The van der Waals surface area contributed by atoms with Gasteiger partial charge in [-0.1, -0.05) is 42.5 Å². The Balaban J connectivity index is 1.34. The zero-order chi connectivity index (χ0) is 24.8. The van der Waals surface area contributed by atoms with Crippen molar-refractivity contribution in [1.82, 2.24) is 9.62 Å². The van der Waals surface area contributed by atoms with Crippen molar-refractivity contribution >= 4 is 21.8 Å². The fraction of sp³-hybridized carbons (Fsp3) is 0.231. The van der Waals surface area contributed by atoms with E-state index in [0.29, 0.717) is 42.8 Å². The summed E-state index contributed by atoms with van der Waals surface area (Å²) < 4.78 is 33.7. The Morgan fingerprint density at radius 1 is 0.943 bits per heavy atom. The molecule has 0 bridgehead atoms. The summed E-state index contributed by atoms with van der Waals surface area (Å²) in [5, 5.41) is 0. The molecule has 4 rings (SSSR count). The molecule has 0 aliphatic carbocycles. The average molecular weight is 494 g/mol. The summed E-state index contributed by atoms with van der Waals surface area (Å²) in [6.45, 7) is 1.08. The van der Waals surface area contributed by atoms with Crippen LogP contribution < -0.4 is 15.2 Å². The van der Waals surface area contributed by atoms with Gasteiger partial charge in [0.25, 0.3) is 11.8 Å². The molecule has 1 saturated heterocycles. The van der Waals surface area contributed by atoms with E-state index < -0.39 is 15.9 Å². The number of primary amides is 1. The molecule has 8 nitrogen and oxygen atoms in total. The highest BCUT2D eigenvalue weighted by Crippen LogP contribution is 2.21. The van der Waals surface area contributed by atoms with E-state index in [2.05, 4.69) is 4.72 Å². The van der Waals surface area contributed by atoms with Crippen LogP contribution in [0.3, 0.4) is 0 Å².